The fourth-order valence-electron chi connectivity index (χ4n) is 4.90. The molecule has 5 rings (SSSR count). The van der Waals surface area contributed by atoms with E-state index in [0.29, 0.717) is 12.1 Å². The largest absolute Gasteiger partial charge is 0.486 e. The molecule has 0 amide bonds. The van der Waals surface area contributed by atoms with E-state index in [0.717, 1.165) is 35.7 Å². The number of nitrogens with zero attached hydrogens (tertiary/aromatic N) is 1. The lowest BCUT2D eigenvalue weighted by molar-refractivity contribution is 0.0696. The van der Waals surface area contributed by atoms with Crippen LogP contribution < -0.4 is 15.0 Å². The van der Waals surface area contributed by atoms with Gasteiger partial charge in [0.05, 0.1) is 17.8 Å². The number of benzene rings is 4. The Balaban J connectivity index is 0.00000304. The number of carboxylic acid groups (broad SMARTS) is 1. The monoisotopic (exact) mass is 502 g/mol. The molecule has 4 aromatic rings. The van der Waals surface area contributed by atoms with Gasteiger partial charge in [-0.15, -0.1) is 12.4 Å². The van der Waals surface area contributed by atoms with E-state index in [2.05, 4.69) is 59.6 Å². The van der Waals surface area contributed by atoms with Gasteiger partial charge in [0, 0.05) is 11.7 Å². The first-order chi connectivity index (χ1) is 17.0. The van der Waals surface area contributed by atoms with Crippen molar-refractivity contribution in [2.45, 2.75) is 32.4 Å². The van der Waals surface area contributed by atoms with Crippen LogP contribution in [0.1, 0.15) is 40.9 Å². The predicted molar refractivity (Wildman–Crippen MR) is 148 cm³/mol. The van der Waals surface area contributed by atoms with Crippen LogP contribution in [-0.4, -0.2) is 30.3 Å². The molecule has 1 heterocycles. The molecule has 0 aromatic heterocycles. The standard InChI is InChI=1S/C30H30N2O3.ClH/c1-20-14-15-23(18-27(20)30(33)34)32-19-24(35-29-13-6-5-12-28(29)32)16-17-31-21(2)25-11-7-9-22-8-3-4-10-26(22)25;/h3-15,18,21,24,31H,16-17,19H2,1-2H3,(H,33,34);1H/t21-,24+;/m1./s1. The number of nitrogens with one attached hydrogen (secondary N) is 1. The number of fused-ring (bicyclic) bond motifs is 2. The summed E-state index contributed by atoms with van der Waals surface area (Å²) in [6.07, 6.45) is 0.809. The first-order valence-electron chi connectivity index (χ1n) is 12.1. The molecule has 0 unspecified atom stereocenters. The number of carboxylic acids is 1. The van der Waals surface area contributed by atoms with Gasteiger partial charge in [0.25, 0.3) is 0 Å². The summed E-state index contributed by atoms with van der Waals surface area (Å²) in [5, 5.41) is 15.8. The van der Waals surface area contributed by atoms with Crippen LogP contribution in [0.5, 0.6) is 5.75 Å². The third-order valence-electron chi connectivity index (χ3n) is 6.81. The number of carbonyl (C=O) groups is 1. The van der Waals surface area contributed by atoms with Gasteiger partial charge in [-0.2, -0.15) is 0 Å². The molecular formula is C30H31ClN2O3. The van der Waals surface area contributed by atoms with Crippen molar-refractivity contribution in [1.29, 1.82) is 0 Å². The molecule has 0 aliphatic carbocycles. The van der Waals surface area contributed by atoms with Crippen molar-refractivity contribution in [3.8, 4) is 5.75 Å². The number of para-hydroxylation sites is 2. The zero-order valence-electron chi connectivity index (χ0n) is 20.5. The first-order valence-corrected chi connectivity index (χ1v) is 12.1. The zero-order valence-corrected chi connectivity index (χ0v) is 21.3. The Kier molecular flexibility index (Phi) is 7.82. The summed E-state index contributed by atoms with van der Waals surface area (Å²) in [4.78, 5) is 13.9. The number of ether oxygens (including phenoxy) is 1. The van der Waals surface area contributed by atoms with Crippen LogP contribution in [0.25, 0.3) is 10.8 Å². The SMILES string of the molecule is Cc1ccc(N2C[C@H](CCN[C@H](C)c3cccc4ccccc34)Oc3ccccc32)cc1C(=O)O.Cl. The summed E-state index contributed by atoms with van der Waals surface area (Å²) < 4.78 is 6.34. The molecule has 36 heavy (non-hydrogen) atoms. The van der Waals surface area contributed by atoms with Crippen LogP contribution >= 0.6 is 12.4 Å². The highest BCUT2D eigenvalue weighted by Crippen LogP contribution is 2.39. The lowest BCUT2D eigenvalue weighted by Crippen LogP contribution is -2.39. The Morgan fingerprint density at radius 2 is 1.81 bits per heavy atom. The van der Waals surface area contributed by atoms with E-state index in [-0.39, 0.29) is 24.6 Å². The second-order valence-corrected chi connectivity index (χ2v) is 9.16. The maximum absolute atomic E-state index is 11.7. The van der Waals surface area contributed by atoms with Crippen molar-refractivity contribution in [2.75, 3.05) is 18.0 Å². The van der Waals surface area contributed by atoms with Gasteiger partial charge in [-0.3, -0.25) is 0 Å². The van der Waals surface area contributed by atoms with Gasteiger partial charge >= 0.3 is 5.97 Å². The summed E-state index contributed by atoms with van der Waals surface area (Å²) in [5.41, 5.74) is 4.20. The lowest BCUT2D eigenvalue weighted by atomic mass is 9.99. The third kappa shape index (κ3) is 5.18. The van der Waals surface area contributed by atoms with Gasteiger partial charge in [0.15, 0.2) is 0 Å². The Bertz CT molecular complexity index is 1370. The number of hydrogen-bond donors (Lipinski definition) is 2. The molecule has 0 radical (unpaired) electrons. The minimum Gasteiger partial charge on any atom is -0.486 e. The number of halogens is 1. The topological polar surface area (TPSA) is 61.8 Å². The molecule has 186 valence electrons. The minimum atomic E-state index is -0.908. The maximum atomic E-state index is 11.7. The molecule has 5 nitrogen and oxygen atoms in total. The van der Waals surface area contributed by atoms with Crippen molar-refractivity contribution < 1.29 is 14.6 Å². The van der Waals surface area contributed by atoms with E-state index in [1.807, 2.05) is 43.3 Å². The highest BCUT2D eigenvalue weighted by atomic mass is 35.5. The van der Waals surface area contributed by atoms with Crippen molar-refractivity contribution in [2.24, 2.45) is 0 Å². The van der Waals surface area contributed by atoms with Crippen LogP contribution in [0.3, 0.4) is 0 Å². The summed E-state index contributed by atoms with van der Waals surface area (Å²) >= 11 is 0. The van der Waals surface area contributed by atoms with Gasteiger partial charge < -0.3 is 20.1 Å². The number of anilines is 2. The molecule has 1 aliphatic heterocycles. The smallest absolute Gasteiger partial charge is 0.336 e. The molecule has 1 aliphatic rings. The van der Waals surface area contributed by atoms with Crippen LogP contribution in [0.15, 0.2) is 84.9 Å². The molecule has 0 bridgehead atoms. The van der Waals surface area contributed by atoms with Crippen LogP contribution in [0.4, 0.5) is 11.4 Å². The van der Waals surface area contributed by atoms with E-state index < -0.39 is 5.97 Å². The van der Waals surface area contributed by atoms with Crippen LogP contribution in [0, 0.1) is 6.92 Å². The average molecular weight is 503 g/mol. The Labute approximate surface area is 218 Å². The lowest BCUT2D eigenvalue weighted by Gasteiger charge is -2.36. The van der Waals surface area contributed by atoms with Gasteiger partial charge in [-0.25, -0.2) is 4.79 Å². The fraction of sp³-hybridized carbons (Fsp3) is 0.233. The minimum absolute atomic E-state index is 0. The van der Waals surface area contributed by atoms with Gasteiger partial charge in [0.1, 0.15) is 11.9 Å². The van der Waals surface area contributed by atoms with E-state index >= 15 is 0 Å². The molecule has 0 saturated carbocycles. The van der Waals surface area contributed by atoms with E-state index in [1.54, 1.807) is 6.07 Å². The van der Waals surface area contributed by atoms with Crippen LogP contribution in [-0.2, 0) is 0 Å². The summed E-state index contributed by atoms with van der Waals surface area (Å²) in [5.74, 6) is -0.0858. The van der Waals surface area contributed by atoms with Crippen molar-refractivity contribution in [3.05, 3.63) is 102 Å². The second-order valence-electron chi connectivity index (χ2n) is 9.16. The summed E-state index contributed by atoms with van der Waals surface area (Å²) in [6.45, 7) is 5.49. The summed E-state index contributed by atoms with van der Waals surface area (Å²) in [7, 11) is 0. The van der Waals surface area contributed by atoms with Crippen LogP contribution in [0.2, 0.25) is 0 Å². The molecule has 2 atom stereocenters. The maximum Gasteiger partial charge on any atom is 0.336 e. The Morgan fingerprint density at radius 3 is 2.64 bits per heavy atom. The summed E-state index contributed by atoms with van der Waals surface area (Å²) in [6, 6.07) is 28.7. The molecule has 0 fully saturated rings. The van der Waals surface area contributed by atoms with E-state index in [4.69, 9.17) is 4.74 Å². The average Bonchev–Trinajstić information content (AvgIpc) is 2.88. The van der Waals surface area contributed by atoms with E-state index in [9.17, 15) is 9.90 Å². The second kappa shape index (κ2) is 11.0. The normalized spacial score (nSPS) is 15.5. The molecule has 2 N–H and O–H groups in total. The first kappa shape index (κ1) is 25.5. The number of rotatable bonds is 7. The predicted octanol–water partition coefficient (Wildman–Crippen LogP) is 6.91. The molecule has 6 heteroatoms. The third-order valence-corrected chi connectivity index (χ3v) is 6.81. The fourth-order valence-corrected chi connectivity index (χ4v) is 4.90. The molecule has 0 spiro atoms. The highest BCUT2D eigenvalue weighted by Gasteiger charge is 2.27. The quantitative estimate of drug-likeness (QED) is 0.287. The van der Waals surface area contributed by atoms with Gasteiger partial charge in [0.2, 0.25) is 0 Å². The van der Waals surface area contributed by atoms with Crippen molar-refractivity contribution in [3.63, 3.8) is 0 Å². The zero-order chi connectivity index (χ0) is 24.4. The highest BCUT2D eigenvalue weighted by molar-refractivity contribution is 5.91. The molecule has 0 saturated heterocycles. The molecule has 4 aromatic carbocycles. The van der Waals surface area contributed by atoms with Crippen molar-refractivity contribution in [1.82, 2.24) is 5.32 Å². The number of hydrogen-bond acceptors (Lipinski definition) is 4. The van der Waals surface area contributed by atoms with Gasteiger partial charge in [-0.1, -0.05) is 60.7 Å². The Morgan fingerprint density at radius 1 is 1.06 bits per heavy atom. The van der Waals surface area contributed by atoms with Crippen molar-refractivity contribution >= 4 is 40.5 Å². The Hall–Kier alpha value is -3.54. The number of aromatic carboxylic acids is 1. The van der Waals surface area contributed by atoms with Gasteiger partial charge in [-0.05, 0) is 73.0 Å². The van der Waals surface area contributed by atoms with E-state index in [1.165, 1.54) is 16.3 Å². The molecular weight excluding hydrogens is 472 g/mol. The number of aryl methyl sites for hydroxylation is 1.